The summed E-state index contributed by atoms with van der Waals surface area (Å²) in [6.45, 7) is 6.50. The molecule has 0 atom stereocenters. The van der Waals surface area contributed by atoms with E-state index in [-0.39, 0.29) is 11.3 Å². The van der Waals surface area contributed by atoms with Gasteiger partial charge in [0.1, 0.15) is 5.70 Å². The van der Waals surface area contributed by atoms with Gasteiger partial charge in [-0.15, -0.1) is 12.6 Å². The second-order valence-corrected chi connectivity index (χ2v) is 8.99. The van der Waals surface area contributed by atoms with E-state index in [4.69, 9.17) is 5.10 Å². The standard InChI is InChI=1S/C25H25N3OS/c1-17-13-20(16-25(2,3)15-17)27-28-23(18-9-5-4-6-10-18)26-21(24(28)29)14-19-11-7-8-12-22(19)30/h4-12,14-15,30H,13,16H2,1-3H3/b21-14+,27-20+. The molecule has 1 aliphatic heterocycles. The van der Waals surface area contributed by atoms with Gasteiger partial charge in [-0.05, 0) is 36.5 Å². The molecule has 0 radical (unpaired) electrons. The Morgan fingerprint density at radius 2 is 1.80 bits per heavy atom. The van der Waals surface area contributed by atoms with Crippen molar-refractivity contribution in [2.45, 2.75) is 38.5 Å². The predicted octanol–water partition coefficient (Wildman–Crippen LogP) is 5.73. The minimum absolute atomic E-state index is 0.0254. The largest absolute Gasteiger partial charge is 0.298 e. The summed E-state index contributed by atoms with van der Waals surface area (Å²) >= 11 is 4.50. The molecule has 0 saturated heterocycles. The molecule has 1 aliphatic carbocycles. The molecule has 0 aromatic heterocycles. The molecule has 0 fully saturated rings. The number of carbonyl (C=O) groups is 1. The molecular weight excluding hydrogens is 390 g/mol. The topological polar surface area (TPSA) is 45.0 Å². The fraction of sp³-hybridized carbons (Fsp3) is 0.240. The summed E-state index contributed by atoms with van der Waals surface area (Å²) in [4.78, 5) is 18.8. The third-order valence-electron chi connectivity index (χ3n) is 5.12. The molecule has 4 rings (SSSR count). The molecule has 30 heavy (non-hydrogen) atoms. The van der Waals surface area contributed by atoms with Crippen LogP contribution < -0.4 is 0 Å². The molecule has 0 N–H and O–H groups in total. The molecule has 1 amide bonds. The van der Waals surface area contributed by atoms with Gasteiger partial charge in [0, 0.05) is 22.6 Å². The molecule has 0 unspecified atom stereocenters. The Hall–Kier alpha value is -2.92. The lowest BCUT2D eigenvalue weighted by molar-refractivity contribution is -0.122. The van der Waals surface area contributed by atoms with Crippen LogP contribution in [0.2, 0.25) is 0 Å². The van der Waals surface area contributed by atoms with E-state index < -0.39 is 0 Å². The Kier molecular flexibility index (Phi) is 5.48. The molecule has 0 saturated carbocycles. The highest BCUT2D eigenvalue weighted by Crippen LogP contribution is 2.33. The molecule has 5 heteroatoms. The van der Waals surface area contributed by atoms with Crippen LogP contribution >= 0.6 is 12.6 Å². The lowest BCUT2D eigenvalue weighted by Gasteiger charge is -2.28. The number of thiol groups is 1. The summed E-state index contributed by atoms with van der Waals surface area (Å²) in [5.74, 6) is 0.337. The van der Waals surface area contributed by atoms with Gasteiger partial charge in [-0.2, -0.15) is 10.1 Å². The third-order valence-corrected chi connectivity index (χ3v) is 5.53. The zero-order valence-corrected chi connectivity index (χ0v) is 18.4. The van der Waals surface area contributed by atoms with E-state index in [0.717, 1.165) is 34.6 Å². The second-order valence-electron chi connectivity index (χ2n) is 8.51. The van der Waals surface area contributed by atoms with Gasteiger partial charge < -0.3 is 0 Å². The predicted molar refractivity (Wildman–Crippen MR) is 126 cm³/mol. The Morgan fingerprint density at radius 1 is 1.10 bits per heavy atom. The summed E-state index contributed by atoms with van der Waals surface area (Å²) in [7, 11) is 0. The minimum Gasteiger partial charge on any atom is -0.265 e. The van der Waals surface area contributed by atoms with Crippen molar-refractivity contribution in [1.82, 2.24) is 5.01 Å². The Balaban J connectivity index is 1.77. The maximum absolute atomic E-state index is 13.3. The number of carbonyl (C=O) groups excluding carboxylic acids is 1. The van der Waals surface area contributed by atoms with Crippen molar-refractivity contribution in [2.75, 3.05) is 0 Å². The summed E-state index contributed by atoms with van der Waals surface area (Å²) in [6.07, 6.45) is 5.66. The van der Waals surface area contributed by atoms with Crippen molar-refractivity contribution in [3.8, 4) is 0 Å². The monoisotopic (exact) mass is 415 g/mol. The molecule has 0 spiro atoms. The van der Waals surface area contributed by atoms with E-state index in [9.17, 15) is 4.79 Å². The highest BCUT2D eigenvalue weighted by Gasteiger charge is 2.33. The van der Waals surface area contributed by atoms with E-state index >= 15 is 0 Å². The highest BCUT2D eigenvalue weighted by molar-refractivity contribution is 7.80. The SMILES string of the molecule is CC1=CC(C)(C)C/C(=N/N2C(=O)/C(=C\c3ccccc3S)N=C2c2ccccc2)C1. The summed E-state index contributed by atoms with van der Waals surface area (Å²) < 4.78 is 0. The van der Waals surface area contributed by atoms with Crippen LogP contribution in [0, 0.1) is 5.41 Å². The van der Waals surface area contributed by atoms with Crippen LogP contribution in [-0.4, -0.2) is 22.5 Å². The van der Waals surface area contributed by atoms with Gasteiger partial charge in [0.25, 0.3) is 5.91 Å². The van der Waals surface area contributed by atoms with Crippen molar-refractivity contribution >= 4 is 36.2 Å². The normalized spacial score (nSPS) is 21.2. The first-order valence-corrected chi connectivity index (χ1v) is 10.5. The molecule has 2 aliphatic rings. The van der Waals surface area contributed by atoms with E-state index in [2.05, 4.69) is 44.5 Å². The number of benzene rings is 2. The number of amides is 1. The Bertz CT molecular complexity index is 1110. The molecule has 1 heterocycles. The van der Waals surface area contributed by atoms with Gasteiger partial charge in [-0.3, -0.25) is 4.79 Å². The molecule has 2 aromatic rings. The van der Waals surface area contributed by atoms with Gasteiger partial charge in [-0.25, -0.2) is 4.99 Å². The number of aliphatic imine (C=N–C) groups is 1. The van der Waals surface area contributed by atoms with Crippen molar-refractivity contribution in [3.05, 3.63) is 83.1 Å². The highest BCUT2D eigenvalue weighted by atomic mass is 32.1. The van der Waals surface area contributed by atoms with Crippen molar-refractivity contribution < 1.29 is 4.79 Å². The molecule has 4 nitrogen and oxygen atoms in total. The number of amidine groups is 1. The van der Waals surface area contributed by atoms with Gasteiger partial charge in [0.2, 0.25) is 0 Å². The van der Waals surface area contributed by atoms with Gasteiger partial charge in [0.05, 0.1) is 0 Å². The summed E-state index contributed by atoms with van der Waals surface area (Å²) in [5.41, 5.74) is 4.37. The first-order valence-electron chi connectivity index (χ1n) is 10.1. The van der Waals surface area contributed by atoms with Crippen LogP contribution in [0.1, 0.15) is 44.7 Å². The average molecular weight is 416 g/mol. The Morgan fingerprint density at radius 3 is 2.50 bits per heavy atom. The van der Waals surface area contributed by atoms with E-state index in [1.807, 2.05) is 54.6 Å². The van der Waals surface area contributed by atoms with Gasteiger partial charge >= 0.3 is 0 Å². The number of hydrogen-bond donors (Lipinski definition) is 1. The number of hydrazone groups is 1. The first kappa shape index (κ1) is 20.4. The zero-order valence-electron chi connectivity index (χ0n) is 17.5. The minimum atomic E-state index is -0.219. The molecule has 2 aromatic carbocycles. The third kappa shape index (κ3) is 4.31. The lowest BCUT2D eigenvalue weighted by atomic mass is 9.79. The Labute approximate surface area is 183 Å². The molecule has 0 bridgehead atoms. The van der Waals surface area contributed by atoms with Crippen LogP contribution in [0.5, 0.6) is 0 Å². The van der Waals surface area contributed by atoms with E-state index in [0.29, 0.717) is 11.5 Å². The quantitative estimate of drug-likeness (QED) is 0.388. The maximum atomic E-state index is 13.3. The fourth-order valence-corrected chi connectivity index (χ4v) is 4.25. The molecule has 152 valence electrons. The number of allylic oxidation sites excluding steroid dienone is 2. The first-order chi connectivity index (χ1) is 14.3. The van der Waals surface area contributed by atoms with Crippen molar-refractivity contribution in [3.63, 3.8) is 0 Å². The number of rotatable bonds is 3. The summed E-state index contributed by atoms with van der Waals surface area (Å²) in [6, 6.07) is 17.4. The van der Waals surface area contributed by atoms with Crippen LogP contribution in [-0.2, 0) is 4.79 Å². The van der Waals surface area contributed by atoms with Crippen LogP contribution in [0.3, 0.4) is 0 Å². The van der Waals surface area contributed by atoms with Gasteiger partial charge in [-0.1, -0.05) is 74.0 Å². The smallest absolute Gasteiger partial charge is 0.265 e. The van der Waals surface area contributed by atoms with Crippen LogP contribution in [0.4, 0.5) is 0 Å². The van der Waals surface area contributed by atoms with Gasteiger partial charge in [0.15, 0.2) is 5.84 Å². The zero-order chi connectivity index (χ0) is 21.3. The maximum Gasteiger partial charge on any atom is 0.298 e. The number of nitrogens with zero attached hydrogens (tertiary/aromatic N) is 3. The number of hydrogen-bond acceptors (Lipinski definition) is 4. The van der Waals surface area contributed by atoms with E-state index in [1.54, 1.807) is 6.08 Å². The van der Waals surface area contributed by atoms with Crippen molar-refractivity contribution in [2.24, 2.45) is 15.5 Å². The average Bonchev–Trinajstić information content (AvgIpc) is 2.98. The van der Waals surface area contributed by atoms with Crippen LogP contribution in [0.25, 0.3) is 6.08 Å². The van der Waals surface area contributed by atoms with Crippen molar-refractivity contribution in [1.29, 1.82) is 0 Å². The fourth-order valence-electron chi connectivity index (χ4n) is 4.02. The van der Waals surface area contributed by atoms with Crippen LogP contribution in [0.15, 0.2) is 86.9 Å². The second kappa shape index (κ2) is 8.07. The molecular formula is C25H25N3OS. The summed E-state index contributed by atoms with van der Waals surface area (Å²) in [5, 5.41) is 6.27. The van der Waals surface area contributed by atoms with E-state index in [1.165, 1.54) is 10.6 Å². The lowest BCUT2D eigenvalue weighted by Crippen LogP contribution is -2.31.